The van der Waals surface area contributed by atoms with Crippen molar-refractivity contribution in [3.63, 3.8) is 0 Å². The van der Waals surface area contributed by atoms with E-state index >= 15 is 0 Å². The molecule has 2 aromatic carbocycles. The molecule has 0 aliphatic carbocycles. The zero-order chi connectivity index (χ0) is 24.9. The van der Waals surface area contributed by atoms with Crippen LogP contribution in [0.4, 0.5) is 5.69 Å². The Balaban J connectivity index is 2.04. The van der Waals surface area contributed by atoms with Gasteiger partial charge in [-0.05, 0) is 63.3 Å². The maximum Gasteiger partial charge on any atom is 0.261 e. The van der Waals surface area contributed by atoms with E-state index in [1.807, 2.05) is 83.1 Å². The van der Waals surface area contributed by atoms with Gasteiger partial charge in [0.25, 0.3) is 5.91 Å². The van der Waals surface area contributed by atoms with Gasteiger partial charge in [0, 0.05) is 11.2 Å². The van der Waals surface area contributed by atoms with Crippen LogP contribution in [0, 0.1) is 13.8 Å². The number of carbonyl (C=O) groups is 3. The number of nitrogens with zero attached hydrogens (tertiary/aromatic N) is 1. The molecular formula is C27H31N3O3S. The third-order valence-corrected chi connectivity index (χ3v) is 6.01. The van der Waals surface area contributed by atoms with E-state index in [9.17, 15) is 14.4 Å². The number of nitrogens with one attached hydrogen (secondary N) is 2. The Morgan fingerprint density at radius 1 is 0.971 bits per heavy atom. The maximum absolute atomic E-state index is 13.7. The zero-order valence-electron chi connectivity index (χ0n) is 20.2. The molecule has 1 aromatic heterocycles. The van der Waals surface area contributed by atoms with Gasteiger partial charge in [-0.15, -0.1) is 11.3 Å². The molecule has 3 aromatic rings. The van der Waals surface area contributed by atoms with Gasteiger partial charge < -0.3 is 10.6 Å². The molecule has 0 aliphatic heterocycles. The summed E-state index contributed by atoms with van der Waals surface area (Å²) in [6.45, 7) is 9.35. The van der Waals surface area contributed by atoms with Gasteiger partial charge in [0.05, 0.1) is 11.4 Å². The van der Waals surface area contributed by atoms with Gasteiger partial charge in [-0.3, -0.25) is 19.3 Å². The van der Waals surface area contributed by atoms with Gasteiger partial charge >= 0.3 is 0 Å². The highest BCUT2D eigenvalue weighted by atomic mass is 32.1. The normalized spacial score (nSPS) is 12.0. The summed E-state index contributed by atoms with van der Waals surface area (Å²) in [6, 6.07) is 17.5. The number of benzene rings is 2. The Hall–Kier alpha value is -3.45. The second-order valence-electron chi connectivity index (χ2n) is 9.27. The number of thiophene rings is 1. The summed E-state index contributed by atoms with van der Waals surface area (Å²) in [7, 11) is 0. The molecule has 3 rings (SSSR count). The van der Waals surface area contributed by atoms with Crippen LogP contribution in [0.5, 0.6) is 0 Å². The fourth-order valence-electron chi connectivity index (χ4n) is 3.72. The van der Waals surface area contributed by atoms with E-state index in [1.165, 1.54) is 16.2 Å². The molecular weight excluding hydrogens is 446 g/mol. The Bertz CT molecular complexity index is 1150. The van der Waals surface area contributed by atoms with Gasteiger partial charge in [-0.25, -0.2) is 0 Å². The monoisotopic (exact) mass is 477 g/mol. The summed E-state index contributed by atoms with van der Waals surface area (Å²) < 4.78 is 0. The molecule has 0 fully saturated rings. The second kappa shape index (κ2) is 10.7. The van der Waals surface area contributed by atoms with Crippen molar-refractivity contribution in [2.24, 2.45) is 0 Å². The molecule has 0 bridgehead atoms. The Morgan fingerprint density at radius 3 is 2.26 bits per heavy atom. The van der Waals surface area contributed by atoms with Gasteiger partial charge in [0.2, 0.25) is 11.8 Å². The Morgan fingerprint density at radius 2 is 1.68 bits per heavy atom. The van der Waals surface area contributed by atoms with Crippen LogP contribution in [0.15, 0.2) is 66.0 Å². The lowest BCUT2D eigenvalue weighted by atomic mass is 9.99. The SMILES string of the molecule is Cc1ccc(N(C(=O)CNC(=O)c2cccs2)C(C(=O)NC(C)(C)C)c2ccccc2)c(C)c1. The van der Waals surface area contributed by atoms with E-state index in [0.717, 1.165) is 11.1 Å². The first kappa shape index (κ1) is 25.2. The molecule has 7 heteroatoms. The van der Waals surface area contributed by atoms with E-state index in [2.05, 4.69) is 10.6 Å². The van der Waals surface area contributed by atoms with Crippen molar-refractivity contribution in [1.82, 2.24) is 10.6 Å². The van der Waals surface area contributed by atoms with Crippen LogP contribution in [0.1, 0.15) is 53.2 Å². The highest BCUT2D eigenvalue weighted by molar-refractivity contribution is 7.12. The summed E-state index contributed by atoms with van der Waals surface area (Å²) in [6.07, 6.45) is 0. The fourth-order valence-corrected chi connectivity index (χ4v) is 4.36. The topological polar surface area (TPSA) is 78.5 Å². The zero-order valence-corrected chi connectivity index (χ0v) is 21.0. The quantitative estimate of drug-likeness (QED) is 0.514. The number of anilines is 1. The lowest BCUT2D eigenvalue weighted by molar-refractivity contribution is -0.127. The van der Waals surface area contributed by atoms with E-state index in [-0.39, 0.29) is 24.3 Å². The van der Waals surface area contributed by atoms with Crippen LogP contribution < -0.4 is 15.5 Å². The number of aryl methyl sites for hydroxylation is 2. The smallest absolute Gasteiger partial charge is 0.261 e. The first-order valence-corrected chi connectivity index (χ1v) is 12.0. The molecule has 0 spiro atoms. The number of carbonyl (C=O) groups excluding carboxylic acids is 3. The first-order valence-electron chi connectivity index (χ1n) is 11.1. The molecule has 0 radical (unpaired) electrons. The van der Waals surface area contributed by atoms with Crippen LogP contribution in [-0.2, 0) is 9.59 Å². The van der Waals surface area contributed by atoms with Crippen molar-refractivity contribution in [2.45, 2.75) is 46.2 Å². The van der Waals surface area contributed by atoms with E-state index in [1.54, 1.807) is 17.5 Å². The predicted molar refractivity (Wildman–Crippen MR) is 137 cm³/mol. The fraction of sp³-hybridized carbons (Fsp3) is 0.296. The molecule has 1 atom stereocenters. The standard InChI is InChI=1S/C27H31N3O3S/c1-18-13-14-21(19(2)16-18)30(23(31)17-28-25(32)22-12-9-15-34-22)24(20-10-7-6-8-11-20)26(33)29-27(3,4)5/h6-16,24H,17H2,1-5H3,(H,28,32)(H,29,33). The third kappa shape index (κ3) is 6.32. The largest absolute Gasteiger partial charge is 0.349 e. The number of hydrogen-bond acceptors (Lipinski definition) is 4. The maximum atomic E-state index is 13.7. The lowest BCUT2D eigenvalue weighted by Crippen LogP contribution is -2.51. The minimum Gasteiger partial charge on any atom is -0.349 e. The molecule has 2 N–H and O–H groups in total. The predicted octanol–water partition coefficient (Wildman–Crippen LogP) is 4.78. The van der Waals surface area contributed by atoms with Crippen molar-refractivity contribution < 1.29 is 14.4 Å². The minimum atomic E-state index is -0.909. The third-order valence-electron chi connectivity index (χ3n) is 5.15. The Kier molecular flexibility index (Phi) is 7.89. The number of rotatable bonds is 7. The minimum absolute atomic E-state index is 0.240. The van der Waals surface area contributed by atoms with Gasteiger partial charge in [0.15, 0.2) is 0 Å². The average Bonchev–Trinajstić information content (AvgIpc) is 3.30. The molecule has 1 unspecified atom stereocenters. The van der Waals surface area contributed by atoms with E-state index in [0.29, 0.717) is 16.1 Å². The molecule has 6 nitrogen and oxygen atoms in total. The summed E-state index contributed by atoms with van der Waals surface area (Å²) in [5.74, 6) is -0.995. The summed E-state index contributed by atoms with van der Waals surface area (Å²) in [4.78, 5) is 41.8. The van der Waals surface area contributed by atoms with Crippen LogP contribution >= 0.6 is 11.3 Å². The van der Waals surface area contributed by atoms with Crippen molar-refractivity contribution in [1.29, 1.82) is 0 Å². The highest BCUT2D eigenvalue weighted by Gasteiger charge is 2.35. The summed E-state index contributed by atoms with van der Waals surface area (Å²) in [5.41, 5.74) is 2.73. The molecule has 0 aliphatic rings. The highest BCUT2D eigenvalue weighted by Crippen LogP contribution is 2.31. The second-order valence-corrected chi connectivity index (χ2v) is 10.2. The van der Waals surface area contributed by atoms with Crippen molar-refractivity contribution >= 4 is 34.7 Å². The molecule has 178 valence electrons. The van der Waals surface area contributed by atoms with Crippen molar-refractivity contribution in [2.75, 3.05) is 11.4 Å². The molecule has 3 amide bonds. The van der Waals surface area contributed by atoms with Crippen molar-refractivity contribution in [3.05, 3.63) is 87.6 Å². The summed E-state index contributed by atoms with van der Waals surface area (Å²) in [5, 5.41) is 7.54. The molecule has 0 saturated heterocycles. The van der Waals surface area contributed by atoms with Crippen LogP contribution in [0.3, 0.4) is 0 Å². The van der Waals surface area contributed by atoms with E-state index < -0.39 is 11.6 Å². The number of amides is 3. The molecule has 0 saturated carbocycles. The van der Waals surface area contributed by atoms with Gasteiger partial charge in [-0.2, -0.15) is 0 Å². The molecule has 1 heterocycles. The van der Waals surface area contributed by atoms with Crippen LogP contribution in [-0.4, -0.2) is 29.8 Å². The number of hydrogen-bond donors (Lipinski definition) is 2. The van der Waals surface area contributed by atoms with Crippen LogP contribution in [0.2, 0.25) is 0 Å². The van der Waals surface area contributed by atoms with Gasteiger partial charge in [0.1, 0.15) is 6.04 Å². The first-order chi connectivity index (χ1) is 16.1. The lowest BCUT2D eigenvalue weighted by Gasteiger charge is -2.34. The average molecular weight is 478 g/mol. The van der Waals surface area contributed by atoms with Gasteiger partial charge in [-0.1, -0.05) is 54.1 Å². The van der Waals surface area contributed by atoms with E-state index in [4.69, 9.17) is 0 Å². The summed E-state index contributed by atoms with van der Waals surface area (Å²) >= 11 is 1.30. The van der Waals surface area contributed by atoms with Crippen LogP contribution in [0.25, 0.3) is 0 Å². The molecule has 34 heavy (non-hydrogen) atoms. The van der Waals surface area contributed by atoms with Crippen molar-refractivity contribution in [3.8, 4) is 0 Å². The Labute approximate surface area is 205 Å².